The van der Waals surface area contributed by atoms with Gasteiger partial charge in [-0.25, -0.2) is 0 Å². The van der Waals surface area contributed by atoms with Gasteiger partial charge in [-0.05, 0) is 24.2 Å². The van der Waals surface area contributed by atoms with Crippen LogP contribution < -0.4 is 0 Å². The maximum atomic E-state index is 5.16. The zero-order valence-corrected chi connectivity index (χ0v) is 8.27. The van der Waals surface area contributed by atoms with Gasteiger partial charge in [-0.3, -0.25) is 0 Å². The van der Waals surface area contributed by atoms with Gasteiger partial charge in [0.1, 0.15) is 0 Å². The van der Waals surface area contributed by atoms with Crippen LogP contribution in [0.15, 0.2) is 29.2 Å². The van der Waals surface area contributed by atoms with Gasteiger partial charge >= 0.3 is 0 Å². The summed E-state index contributed by atoms with van der Waals surface area (Å²) in [5, 5.41) is 0. The fourth-order valence-electron chi connectivity index (χ4n) is 0.957. The minimum absolute atomic E-state index is 0.866. The molecule has 0 saturated heterocycles. The lowest BCUT2D eigenvalue weighted by molar-refractivity contribution is 1.41. The molecular weight excluding hydrogens is 164 g/mol. The molecule has 0 aromatic heterocycles. The first kappa shape index (κ1) is 9.47. The molecule has 1 unspecified atom stereocenters. The smallest absolute Gasteiger partial charge is 0.259 e. The highest BCUT2D eigenvalue weighted by Gasteiger charge is 1.94. The molecule has 0 aliphatic rings. The van der Waals surface area contributed by atoms with Crippen LogP contribution in [0.5, 0.6) is 0 Å². The standard InChI is InChI=1S/C9H11BNP/c1-7(11-10)9-4-2-8(6-12)3-5-9/h2-5H,6,12H2,1H3. The SMILES string of the molecule is [B]N=C(C)c1ccc(CP)cc1. The van der Waals surface area contributed by atoms with Gasteiger partial charge in [0.15, 0.2) is 0 Å². The van der Waals surface area contributed by atoms with Crippen LogP contribution in [-0.4, -0.2) is 13.7 Å². The average molecular weight is 175 g/mol. The summed E-state index contributed by atoms with van der Waals surface area (Å²) in [5.41, 5.74) is 3.25. The highest BCUT2D eigenvalue weighted by atomic mass is 31.0. The lowest BCUT2D eigenvalue weighted by Crippen LogP contribution is -1.93. The molecule has 0 spiro atoms. The zero-order valence-electron chi connectivity index (χ0n) is 7.12. The normalized spacial score (nSPS) is 11.7. The molecule has 1 atom stereocenters. The zero-order chi connectivity index (χ0) is 8.97. The van der Waals surface area contributed by atoms with Crippen molar-refractivity contribution < 1.29 is 0 Å². The predicted octanol–water partition coefficient (Wildman–Crippen LogP) is 1.95. The third-order valence-electron chi connectivity index (χ3n) is 1.80. The van der Waals surface area contributed by atoms with Crippen molar-refractivity contribution in [1.82, 2.24) is 0 Å². The third kappa shape index (κ3) is 2.18. The molecule has 0 bridgehead atoms. The van der Waals surface area contributed by atoms with E-state index in [-0.39, 0.29) is 0 Å². The maximum Gasteiger partial charge on any atom is 0.259 e. The third-order valence-corrected chi connectivity index (χ3v) is 2.27. The summed E-state index contributed by atoms with van der Waals surface area (Å²) in [7, 11) is 7.85. The first-order valence-electron chi connectivity index (χ1n) is 3.81. The van der Waals surface area contributed by atoms with E-state index < -0.39 is 0 Å². The quantitative estimate of drug-likeness (QED) is 0.370. The van der Waals surface area contributed by atoms with E-state index in [4.69, 9.17) is 7.98 Å². The molecule has 0 amide bonds. The van der Waals surface area contributed by atoms with E-state index in [1.165, 1.54) is 5.56 Å². The molecule has 1 nitrogen and oxygen atoms in total. The van der Waals surface area contributed by atoms with Crippen molar-refractivity contribution >= 4 is 22.9 Å². The van der Waals surface area contributed by atoms with Gasteiger partial charge in [-0.1, -0.05) is 24.3 Å². The number of benzene rings is 1. The second-order valence-electron chi connectivity index (χ2n) is 2.62. The van der Waals surface area contributed by atoms with E-state index in [2.05, 4.69) is 26.3 Å². The summed E-state index contributed by atoms with van der Waals surface area (Å²) in [6, 6.07) is 8.23. The Kier molecular flexibility index (Phi) is 3.49. The number of rotatable bonds is 2. The topological polar surface area (TPSA) is 12.4 Å². The van der Waals surface area contributed by atoms with Gasteiger partial charge in [0.05, 0.1) is 0 Å². The van der Waals surface area contributed by atoms with Gasteiger partial charge in [-0.2, -0.15) is 0 Å². The molecule has 2 radical (unpaired) electrons. The van der Waals surface area contributed by atoms with E-state index in [1.807, 2.05) is 19.1 Å². The predicted molar refractivity (Wildman–Crippen MR) is 57.8 cm³/mol. The summed E-state index contributed by atoms with van der Waals surface area (Å²) in [5.74, 6) is 0. The Balaban J connectivity index is 2.92. The minimum Gasteiger partial charge on any atom is -0.360 e. The Morgan fingerprint density at radius 2 is 2.00 bits per heavy atom. The Morgan fingerprint density at radius 3 is 2.42 bits per heavy atom. The lowest BCUT2D eigenvalue weighted by atomic mass is 10.1. The fraction of sp³-hybridized carbons (Fsp3) is 0.222. The molecule has 1 aromatic carbocycles. The fourth-order valence-corrected chi connectivity index (χ4v) is 1.23. The average Bonchev–Trinajstić information content (AvgIpc) is 2.17. The molecule has 3 heteroatoms. The molecule has 1 aromatic rings. The number of hydrogen-bond acceptors (Lipinski definition) is 1. The van der Waals surface area contributed by atoms with Crippen LogP contribution >= 0.6 is 9.24 Å². The molecule has 1 rings (SSSR count). The largest absolute Gasteiger partial charge is 0.360 e. The molecule has 0 N–H and O–H groups in total. The summed E-state index contributed by atoms with van der Waals surface area (Å²) in [6.07, 6.45) is 0.985. The van der Waals surface area contributed by atoms with Crippen molar-refractivity contribution in [2.45, 2.75) is 13.1 Å². The molecule has 60 valence electrons. The molecule has 0 aliphatic carbocycles. The van der Waals surface area contributed by atoms with E-state index >= 15 is 0 Å². The van der Waals surface area contributed by atoms with Crippen molar-refractivity contribution in [1.29, 1.82) is 0 Å². The first-order chi connectivity index (χ1) is 5.77. The van der Waals surface area contributed by atoms with Crippen LogP contribution in [0.3, 0.4) is 0 Å². The maximum absolute atomic E-state index is 5.16. The van der Waals surface area contributed by atoms with Crippen molar-refractivity contribution in [3.05, 3.63) is 35.4 Å². The van der Waals surface area contributed by atoms with Gasteiger partial charge in [0.25, 0.3) is 7.98 Å². The second kappa shape index (κ2) is 4.42. The highest BCUT2D eigenvalue weighted by molar-refractivity contribution is 7.15. The van der Waals surface area contributed by atoms with Crippen LogP contribution in [0.1, 0.15) is 18.1 Å². The van der Waals surface area contributed by atoms with E-state index in [0.29, 0.717) is 0 Å². The molecule has 0 saturated carbocycles. The summed E-state index contributed by atoms with van der Waals surface area (Å²) in [4.78, 5) is 3.63. The van der Waals surface area contributed by atoms with Crippen LogP contribution in [0.25, 0.3) is 0 Å². The minimum atomic E-state index is 0.866. The first-order valence-corrected chi connectivity index (χ1v) is 4.63. The van der Waals surface area contributed by atoms with Crippen molar-refractivity contribution in [3.8, 4) is 0 Å². The van der Waals surface area contributed by atoms with Gasteiger partial charge in [0.2, 0.25) is 0 Å². The molecule has 0 heterocycles. The van der Waals surface area contributed by atoms with Gasteiger partial charge < -0.3 is 4.90 Å². The van der Waals surface area contributed by atoms with E-state index in [9.17, 15) is 0 Å². The van der Waals surface area contributed by atoms with Crippen LogP contribution in [0.4, 0.5) is 0 Å². The highest BCUT2D eigenvalue weighted by Crippen LogP contribution is 2.08. The number of hydrogen-bond donors (Lipinski definition) is 0. The van der Waals surface area contributed by atoms with Crippen molar-refractivity contribution in [2.24, 2.45) is 4.90 Å². The van der Waals surface area contributed by atoms with Gasteiger partial charge in [0, 0.05) is 5.71 Å². The van der Waals surface area contributed by atoms with E-state index in [0.717, 1.165) is 17.4 Å². The Bertz CT molecular complexity index is 279. The van der Waals surface area contributed by atoms with E-state index in [1.54, 1.807) is 0 Å². The summed E-state index contributed by atoms with van der Waals surface area (Å²) < 4.78 is 0. The van der Waals surface area contributed by atoms with Crippen LogP contribution in [0.2, 0.25) is 0 Å². The Labute approximate surface area is 76.9 Å². The summed E-state index contributed by atoms with van der Waals surface area (Å²) >= 11 is 0. The molecular formula is C9H11BNP. The Morgan fingerprint density at radius 1 is 1.42 bits per heavy atom. The summed E-state index contributed by atoms with van der Waals surface area (Å²) in [6.45, 7) is 1.90. The molecule has 0 aliphatic heterocycles. The van der Waals surface area contributed by atoms with Crippen LogP contribution in [-0.2, 0) is 6.16 Å². The second-order valence-corrected chi connectivity index (χ2v) is 3.02. The molecule has 12 heavy (non-hydrogen) atoms. The number of nitrogens with zero attached hydrogens (tertiary/aromatic N) is 1. The molecule has 0 fully saturated rings. The Hall–Kier alpha value is -0.615. The van der Waals surface area contributed by atoms with Crippen molar-refractivity contribution in [2.75, 3.05) is 0 Å². The monoisotopic (exact) mass is 175 g/mol. The van der Waals surface area contributed by atoms with Crippen LogP contribution in [0, 0.1) is 0 Å². The lowest BCUT2D eigenvalue weighted by Gasteiger charge is -2.00. The van der Waals surface area contributed by atoms with Crippen molar-refractivity contribution in [3.63, 3.8) is 0 Å². The van der Waals surface area contributed by atoms with Gasteiger partial charge in [-0.15, -0.1) is 9.24 Å².